The maximum Gasteiger partial charge on any atom is 0.107 e. The summed E-state index contributed by atoms with van der Waals surface area (Å²) in [4.78, 5) is 8.95. The summed E-state index contributed by atoms with van der Waals surface area (Å²) in [5.41, 5.74) is 1.16. The molecule has 1 fully saturated rings. The molecule has 2 aromatic heterocycles. The Morgan fingerprint density at radius 1 is 1.35 bits per heavy atom. The summed E-state index contributed by atoms with van der Waals surface area (Å²) in [6, 6.07) is 4.11. The zero-order valence-electron chi connectivity index (χ0n) is 11.4. The Morgan fingerprint density at radius 3 is 3.10 bits per heavy atom. The van der Waals surface area contributed by atoms with Crippen LogP contribution >= 0.6 is 11.3 Å². The van der Waals surface area contributed by atoms with Gasteiger partial charge in [0.05, 0.1) is 10.6 Å². The Balaban J connectivity index is 1.31. The van der Waals surface area contributed by atoms with Gasteiger partial charge in [-0.2, -0.15) is 0 Å². The highest BCUT2D eigenvalue weighted by Crippen LogP contribution is 2.42. The molecule has 1 saturated carbocycles. The van der Waals surface area contributed by atoms with Gasteiger partial charge in [0, 0.05) is 18.9 Å². The third-order valence-electron chi connectivity index (χ3n) is 4.52. The van der Waals surface area contributed by atoms with Crippen LogP contribution in [0.4, 0.5) is 0 Å². The van der Waals surface area contributed by atoms with Crippen LogP contribution in [0.2, 0.25) is 0 Å². The summed E-state index contributed by atoms with van der Waals surface area (Å²) in [5, 5.41) is 4.77. The Kier molecular flexibility index (Phi) is 3.20. The first-order valence-electron chi connectivity index (χ1n) is 7.36. The monoisotopic (exact) mass is 285 g/mol. The van der Waals surface area contributed by atoms with Crippen LogP contribution in [0, 0.1) is 17.8 Å². The number of aromatic nitrogens is 2. The summed E-state index contributed by atoms with van der Waals surface area (Å²) < 4.78 is 0. The van der Waals surface area contributed by atoms with Crippen molar-refractivity contribution in [2.75, 3.05) is 6.54 Å². The molecular formula is C16H19N3S. The molecule has 0 amide bonds. The van der Waals surface area contributed by atoms with Crippen molar-refractivity contribution in [2.45, 2.75) is 19.4 Å². The normalized spacial score (nSPS) is 27.5. The first kappa shape index (κ1) is 12.4. The summed E-state index contributed by atoms with van der Waals surface area (Å²) in [5.74, 6) is 2.54. The van der Waals surface area contributed by atoms with E-state index in [-0.39, 0.29) is 0 Å². The summed E-state index contributed by atoms with van der Waals surface area (Å²) in [7, 11) is 0. The molecule has 3 unspecified atom stereocenters. The minimum atomic E-state index is 0.832. The minimum absolute atomic E-state index is 0.832. The summed E-state index contributed by atoms with van der Waals surface area (Å²) in [6.45, 7) is 2.02. The van der Waals surface area contributed by atoms with Gasteiger partial charge in [-0.25, -0.2) is 4.98 Å². The van der Waals surface area contributed by atoms with Crippen molar-refractivity contribution < 1.29 is 0 Å². The van der Waals surface area contributed by atoms with Gasteiger partial charge >= 0.3 is 0 Å². The lowest BCUT2D eigenvalue weighted by molar-refractivity contribution is 0.414. The highest BCUT2D eigenvalue weighted by atomic mass is 32.1. The molecule has 0 spiro atoms. The quantitative estimate of drug-likeness (QED) is 0.826. The van der Waals surface area contributed by atoms with Crippen molar-refractivity contribution in [1.82, 2.24) is 15.3 Å². The fourth-order valence-corrected chi connectivity index (χ4v) is 4.37. The molecule has 0 aromatic carbocycles. The molecule has 3 nitrogen and oxygen atoms in total. The number of hydrogen-bond acceptors (Lipinski definition) is 3. The predicted octanol–water partition coefficient (Wildman–Crippen LogP) is 3.44. The number of rotatable bonds is 5. The third kappa shape index (κ3) is 2.34. The lowest BCUT2D eigenvalue weighted by Crippen LogP contribution is -2.24. The molecule has 104 valence electrons. The average Bonchev–Trinajstić information content (AvgIpc) is 3.23. The number of aromatic amines is 1. The van der Waals surface area contributed by atoms with Gasteiger partial charge < -0.3 is 10.3 Å². The van der Waals surface area contributed by atoms with Gasteiger partial charge in [-0.1, -0.05) is 12.2 Å². The van der Waals surface area contributed by atoms with Gasteiger partial charge in [-0.15, -0.1) is 11.3 Å². The van der Waals surface area contributed by atoms with E-state index in [2.05, 4.69) is 33.5 Å². The van der Waals surface area contributed by atoms with Gasteiger partial charge in [-0.05, 0) is 49.3 Å². The molecule has 4 heteroatoms. The molecule has 0 saturated heterocycles. The van der Waals surface area contributed by atoms with Crippen molar-refractivity contribution in [2.24, 2.45) is 17.8 Å². The molecule has 4 rings (SSSR count). The van der Waals surface area contributed by atoms with Crippen LogP contribution in [0.15, 0.2) is 36.7 Å². The van der Waals surface area contributed by atoms with Crippen molar-refractivity contribution in [3.63, 3.8) is 0 Å². The smallest absolute Gasteiger partial charge is 0.107 e. The van der Waals surface area contributed by atoms with E-state index < -0.39 is 0 Å². The number of thiazole rings is 1. The van der Waals surface area contributed by atoms with Crippen molar-refractivity contribution in [3.05, 3.63) is 41.7 Å². The standard InChI is InChI=1S/C16H19N3S/c1-2-14(18-5-1)15-9-19-16(20-15)10-17-8-13-7-11-3-4-12(13)6-11/h1-5,9,11-13,17-18H,6-8,10H2. The molecule has 2 bridgehead atoms. The molecule has 2 heterocycles. The predicted molar refractivity (Wildman–Crippen MR) is 82.5 cm³/mol. The lowest BCUT2D eigenvalue weighted by Gasteiger charge is -2.17. The number of nitrogens with zero attached hydrogens (tertiary/aromatic N) is 1. The van der Waals surface area contributed by atoms with Gasteiger partial charge in [0.25, 0.3) is 0 Å². The number of fused-ring (bicyclic) bond motifs is 2. The molecule has 20 heavy (non-hydrogen) atoms. The zero-order chi connectivity index (χ0) is 13.4. The van der Waals surface area contributed by atoms with Gasteiger partial charge in [-0.3, -0.25) is 0 Å². The van der Waals surface area contributed by atoms with Crippen molar-refractivity contribution in [3.8, 4) is 10.6 Å². The SMILES string of the molecule is C1=CC2CC1CC2CNCc1ncc(-c2ccc[nH]2)s1. The number of hydrogen-bond donors (Lipinski definition) is 2. The summed E-state index contributed by atoms with van der Waals surface area (Å²) in [6.07, 6.45) is 11.5. The molecule has 2 aromatic rings. The van der Waals surface area contributed by atoms with Crippen molar-refractivity contribution in [1.29, 1.82) is 0 Å². The van der Waals surface area contributed by atoms with Crippen LogP contribution in [0.1, 0.15) is 17.8 Å². The Morgan fingerprint density at radius 2 is 2.35 bits per heavy atom. The largest absolute Gasteiger partial charge is 0.360 e. The van der Waals surface area contributed by atoms with E-state index in [4.69, 9.17) is 0 Å². The van der Waals surface area contributed by atoms with Crippen LogP contribution in [-0.4, -0.2) is 16.5 Å². The van der Waals surface area contributed by atoms with E-state index in [9.17, 15) is 0 Å². The summed E-state index contributed by atoms with van der Waals surface area (Å²) >= 11 is 1.77. The molecular weight excluding hydrogens is 266 g/mol. The second-order valence-electron chi connectivity index (χ2n) is 5.87. The maximum atomic E-state index is 4.51. The van der Waals surface area contributed by atoms with Gasteiger partial charge in [0.2, 0.25) is 0 Å². The Labute approximate surface area is 123 Å². The van der Waals surface area contributed by atoms with Crippen LogP contribution < -0.4 is 5.32 Å². The maximum absolute atomic E-state index is 4.51. The van der Waals surface area contributed by atoms with Crippen LogP contribution in [0.25, 0.3) is 10.6 Å². The molecule has 3 atom stereocenters. The third-order valence-corrected chi connectivity index (χ3v) is 5.55. The number of allylic oxidation sites excluding steroid dienone is 2. The van der Waals surface area contributed by atoms with E-state index in [1.165, 1.54) is 22.7 Å². The van der Waals surface area contributed by atoms with Gasteiger partial charge in [0.1, 0.15) is 5.01 Å². The van der Waals surface area contributed by atoms with Crippen LogP contribution in [0.5, 0.6) is 0 Å². The van der Waals surface area contributed by atoms with Crippen molar-refractivity contribution >= 4 is 11.3 Å². The first-order valence-corrected chi connectivity index (χ1v) is 8.17. The number of H-pyrrole nitrogens is 1. The fraction of sp³-hybridized carbons (Fsp3) is 0.438. The van der Waals surface area contributed by atoms with E-state index >= 15 is 0 Å². The average molecular weight is 285 g/mol. The molecule has 0 aliphatic heterocycles. The topological polar surface area (TPSA) is 40.7 Å². The second kappa shape index (κ2) is 5.19. The number of nitrogens with one attached hydrogen (secondary N) is 2. The Hall–Kier alpha value is -1.39. The zero-order valence-corrected chi connectivity index (χ0v) is 12.2. The first-order chi connectivity index (χ1) is 9.88. The minimum Gasteiger partial charge on any atom is -0.360 e. The van der Waals surface area contributed by atoms with Crippen LogP contribution in [0.3, 0.4) is 0 Å². The second-order valence-corrected chi connectivity index (χ2v) is 6.99. The molecule has 0 radical (unpaired) electrons. The van der Waals surface area contributed by atoms with Crippen LogP contribution in [-0.2, 0) is 6.54 Å². The molecule has 2 N–H and O–H groups in total. The van der Waals surface area contributed by atoms with E-state index in [1.807, 2.05) is 18.5 Å². The fourth-order valence-electron chi connectivity index (χ4n) is 3.49. The van der Waals surface area contributed by atoms with Gasteiger partial charge in [0.15, 0.2) is 0 Å². The highest BCUT2D eigenvalue weighted by Gasteiger charge is 2.34. The Bertz CT molecular complexity index is 599. The lowest BCUT2D eigenvalue weighted by atomic mass is 9.94. The van der Waals surface area contributed by atoms with E-state index in [0.29, 0.717) is 0 Å². The van der Waals surface area contributed by atoms with E-state index in [1.54, 1.807) is 11.3 Å². The van der Waals surface area contributed by atoms with E-state index in [0.717, 1.165) is 36.5 Å². The molecule has 2 aliphatic carbocycles. The highest BCUT2D eigenvalue weighted by molar-refractivity contribution is 7.15. The molecule has 2 aliphatic rings.